The Labute approximate surface area is 173 Å². The predicted molar refractivity (Wildman–Crippen MR) is 118 cm³/mol. The summed E-state index contributed by atoms with van der Waals surface area (Å²) in [6.07, 6.45) is 9.06. The average Bonchev–Trinajstić information content (AvgIpc) is 3.37. The molecule has 1 atom stereocenters. The molecule has 5 nitrogen and oxygen atoms in total. The van der Waals surface area contributed by atoms with Crippen molar-refractivity contribution in [3.63, 3.8) is 0 Å². The average molecular weight is 394 g/mol. The van der Waals surface area contributed by atoms with Gasteiger partial charge in [-0.25, -0.2) is 0 Å². The Morgan fingerprint density at radius 2 is 1.75 bits per heavy atom. The van der Waals surface area contributed by atoms with Gasteiger partial charge in [-0.3, -0.25) is 19.5 Å². The van der Waals surface area contributed by atoms with Crippen molar-refractivity contribution in [2.45, 2.75) is 105 Å². The highest BCUT2D eigenvalue weighted by molar-refractivity contribution is 6.08. The Balaban J connectivity index is 0.000000921. The molecule has 1 spiro atoms. The monoisotopic (exact) mass is 393 g/mol. The number of amidine groups is 1. The van der Waals surface area contributed by atoms with E-state index in [1.165, 1.54) is 0 Å². The van der Waals surface area contributed by atoms with Gasteiger partial charge in [0.2, 0.25) is 5.91 Å². The van der Waals surface area contributed by atoms with Crippen LogP contribution in [0.4, 0.5) is 0 Å². The van der Waals surface area contributed by atoms with Gasteiger partial charge < -0.3 is 4.90 Å². The number of amides is 2. The van der Waals surface area contributed by atoms with Crippen molar-refractivity contribution in [2.75, 3.05) is 19.6 Å². The van der Waals surface area contributed by atoms with Crippen LogP contribution in [0.25, 0.3) is 0 Å². The summed E-state index contributed by atoms with van der Waals surface area (Å²) in [5.74, 6) is 1.52. The number of hydrogen-bond acceptors (Lipinski definition) is 3. The maximum atomic E-state index is 13.0. The van der Waals surface area contributed by atoms with Crippen LogP contribution in [-0.2, 0) is 9.59 Å². The van der Waals surface area contributed by atoms with Gasteiger partial charge in [-0.15, -0.1) is 0 Å². The SMILES string of the molecule is CC.CC.CCCCC1=N[C@@]2(CCCN(C(=O)C3CCCC3)C2)C(=O)N1CC. The highest BCUT2D eigenvalue weighted by Crippen LogP contribution is 2.35. The quantitative estimate of drug-likeness (QED) is 0.657. The fourth-order valence-corrected chi connectivity index (χ4v) is 4.50. The number of unbranched alkanes of at least 4 members (excludes halogenated alkanes) is 1. The third-order valence-electron chi connectivity index (χ3n) is 5.85. The van der Waals surface area contributed by atoms with Gasteiger partial charge in [-0.1, -0.05) is 53.9 Å². The first-order valence-corrected chi connectivity index (χ1v) is 11.8. The molecule has 2 heterocycles. The van der Waals surface area contributed by atoms with Crippen molar-refractivity contribution >= 4 is 17.6 Å². The number of rotatable bonds is 5. The molecule has 1 aliphatic carbocycles. The van der Waals surface area contributed by atoms with Gasteiger partial charge in [0.15, 0.2) is 5.54 Å². The van der Waals surface area contributed by atoms with Gasteiger partial charge in [0.25, 0.3) is 5.91 Å². The zero-order chi connectivity index (χ0) is 21.2. The smallest absolute Gasteiger partial charge is 0.257 e. The lowest BCUT2D eigenvalue weighted by Gasteiger charge is -2.38. The van der Waals surface area contributed by atoms with Crippen molar-refractivity contribution < 1.29 is 9.59 Å². The highest BCUT2D eigenvalue weighted by Gasteiger charge is 2.50. The zero-order valence-electron chi connectivity index (χ0n) is 19.2. The first kappa shape index (κ1) is 24.6. The zero-order valence-corrected chi connectivity index (χ0v) is 19.2. The number of carbonyl (C=O) groups excluding carboxylic acids is 2. The molecule has 2 fully saturated rings. The molecular weight excluding hydrogens is 350 g/mol. The van der Waals surface area contributed by atoms with Crippen LogP contribution in [0.1, 0.15) is 99.3 Å². The Kier molecular flexibility index (Phi) is 10.8. The summed E-state index contributed by atoms with van der Waals surface area (Å²) in [5.41, 5.74) is -0.689. The minimum absolute atomic E-state index is 0.125. The molecule has 0 unspecified atom stereocenters. The summed E-state index contributed by atoms with van der Waals surface area (Å²) in [6.45, 7) is 14.1. The van der Waals surface area contributed by atoms with Gasteiger partial charge in [0, 0.05) is 25.4 Å². The minimum atomic E-state index is -0.689. The van der Waals surface area contributed by atoms with Gasteiger partial charge >= 0.3 is 0 Å². The summed E-state index contributed by atoms with van der Waals surface area (Å²) in [4.78, 5) is 34.6. The van der Waals surface area contributed by atoms with Crippen LogP contribution in [0.2, 0.25) is 0 Å². The molecule has 28 heavy (non-hydrogen) atoms. The first-order valence-electron chi connectivity index (χ1n) is 11.8. The number of likely N-dealkylation sites (tertiary alicyclic amines) is 1. The molecule has 1 saturated heterocycles. The fourth-order valence-electron chi connectivity index (χ4n) is 4.50. The third kappa shape index (κ3) is 5.36. The molecule has 162 valence electrons. The number of aliphatic imine (C=N–C) groups is 1. The van der Waals surface area contributed by atoms with Gasteiger partial charge in [-0.05, 0) is 39.0 Å². The maximum absolute atomic E-state index is 13.0. The molecule has 0 radical (unpaired) electrons. The van der Waals surface area contributed by atoms with E-state index in [-0.39, 0.29) is 17.7 Å². The maximum Gasteiger partial charge on any atom is 0.257 e. The summed E-state index contributed by atoms with van der Waals surface area (Å²) >= 11 is 0. The first-order chi connectivity index (χ1) is 13.6. The number of piperidine rings is 1. The number of hydrogen-bond donors (Lipinski definition) is 0. The van der Waals surface area contributed by atoms with Gasteiger partial charge in [0.1, 0.15) is 5.84 Å². The Hall–Kier alpha value is -1.39. The molecule has 0 aromatic heterocycles. The van der Waals surface area contributed by atoms with Crippen molar-refractivity contribution in [1.82, 2.24) is 9.80 Å². The van der Waals surface area contributed by atoms with Crippen LogP contribution in [0.15, 0.2) is 4.99 Å². The molecule has 5 heteroatoms. The van der Waals surface area contributed by atoms with E-state index in [1.54, 1.807) is 0 Å². The lowest BCUT2D eigenvalue weighted by atomic mass is 9.88. The predicted octanol–water partition coefficient (Wildman–Crippen LogP) is 5.04. The second kappa shape index (κ2) is 12.2. The third-order valence-corrected chi connectivity index (χ3v) is 5.85. The van der Waals surface area contributed by atoms with Gasteiger partial charge in [-0.2, -0.15) is 0 Å². The largest absolute Gasteiger partial charge is 0.339 e. The number of nitrogens with zero attached hydrogens (tertiary/aromatic N) is 3. The van der Waals surface area contributed by atoms with E-state index in [9.17, 15) is 9.59 Å². The van der Waals surface area contributed by atoms with E-state index in [0.717, 1.165) is 70.2 Å². The molecule has 0 N–H and O–H groups in total. The topological polar surface area (TPSA) is 53.0 Å². The fraction of sp³-hybridized carbons (Fsp3) is 0.870. The lowest BCUT2D eigenvalue weighted by Crippen LogP contribution is -2.55. The van der Waals surface area contributed by atoms with Crippen LogP contribution < -0.4 is 0 Å². The molecule has 2 aliphatic heterocycles. The molecule has 3 rings (SSSR count). The standard InChI is InChI=1S/C19H31N3O2.2C2H6/c1-3-5-11-16-20-19(18(24)22(16)4-2)12-8-13-21(14-19)17(23)15-9-6-7-10-15;2*1-2/h15H,3-14H2,1-2H3;2*1-2H3/t19-;;/m1../s1. The minimum Gasteiger partial charge on any atom is -0.339 e. The van der Waals surface area contributed by atoms with Crippen molar-refractivity contribution in [1.29, 1.82) is 0 Å². The normalized spacial score (nSPS) is 24.5. The number of carbonyl (C=O) groups is 2. The Morgan fingerprint density at radius 1 is 1.11 bits per heavy atom. The lowest BCUT2D eigenvalue weighted by molar-refractivity contribution is -0.141. The summed E-state index contributed by atoms with van der Waals surface area (Å²) in [7, 11) is 0. The van der Waals surface area contributed by atoms with Crippen LogP contribution in [0.5, 0.6) is 0 Å². The summed E-state index contributed by atoms with van der Waals surface area (Å²) < 4.78 is 0. The van der Waals surface area contributed by atoms with E-state index < -0.39 is 5.54 Å². The van der Waals surface area contributed by atoms with Crippen molar-refractivity contribution in [3.8, 4) is 0 Å². The van der Waals surface area contributed by atoms with E-state index in [1.807, 2.05) is 44.4 Å². The van der Waals surface area contributed by atoms with E-state index >= 15 is 0 Å². The van der Waals surface area contributed by atoms with Gasteiger partial charge in [0.05, 0.1) is 6.54 Å². The summed E-state index contributed by atoms with van der Waals surface area (Å²) in [6, 6.07) is 0. The van der Waals surface area contributed by atoms with E-state index in [4.69, 9.17) is 4.99 Å². The van der Waals surface area contributed by atoms with Crippen molar-refractivity contribution in [3.05, 3.63) is 0 Å². The van der Waals surface area contributed by atoms with Crippen LogP contribution in [-0.4, -0.2) is 52.6 Å². The molecule has 0 aromatic carbocycles. The second-order valence-electron chi connectivity index (χ2n) is 7.56. The molecule has 0 bridgehead atoms. The Morgan fingerprint density at radius 3 is 2.32 bits per heavy atom. The number of likely N-dealkylation sites (N-methyl/N-ethyl adjacent to an activating group) is 1. The highest BCUT2D eigenvalue weighted by atomic mass is 16.2. The second-order valence-corrected chi connectivity index (χ2v) is 7.56. The molecule has 1 saturated carbocycles. The molecule has 0 aromatic rings. The van der Waals surface area contributed by atoms with Crippen LogP contribution >= 0.6 is 0 Å². The van der Waals surface area contributed by atoms with Crippen LogP contribution in [0, 0.1) is 5.92 Å². The molecule has 3 aliphatic rings. The van der Waals surface area contributed by atoms with E-state index in [0.29, 0.717) is 13.1 Å². The Bertz CT molecular complexity index is 526. The van der Waals surface area contributed by atoms with Crippen LogP contribution in [0.3, 0.4) is 0 Å². The molecule has 2 amide bonds. The summed E-state index contributed by atoms with van der Waals surface area (Å²) in [5, 5.41) is 0. The van der Waals surface area contributed by atoms with E-state index in [2.05, 4.69) is 6.92 Å². The molecular formula is C23H43N3O2. The van der Waals surface area contributed by atoms with Crippen molar-refractivity contribution in [2.24, 2.45) is 10.9 Å².